The number of ether oxygens (including phenoxy) is 1. The Morgan fingerprint density at radius 3 is 2.48 bits per heavy atom. The lowest BCUT2D eigenvalue weighted by molar-refractivity contribution is -0.146. The molecule has 0 atom stereocenters. The van der Waals surface area contributed by atoms with Crippen molar-refractivity contribution in [2.45, 2.75) is 34.1 Å². The van der Waals surface area contributed by atoms with Crippen LogP contribution in [0.15, 0.2) is 18.2 Å². The molecule has 0 fully saturated rings. The summed E-state index contributed by atoms with van der Waals surface area (Å²) in [5, 5.41) is 11.6. The molecule has 0 aromatic heterocycles. The average Bonchev–Trinajstić information content (AvgIpc) is 2.40. The van der Waals surface area contributed by atoms with Gasteiger partial charge in [-0.1, -0.05) is 6.07 Å². The van der Waals surface area contributed by atoms with Crippen LogP contribution in [0.4, 0.5) is 0 Å². The van der Waals surface area contributed by atoms with Gasteiger partial charge in [0.05, 0.1) is 18.4 Å². The number of aliphatic carboxylic acids is 1. The van der Waals surface area contributed by atoms with Crippen LogP contribution in [0.25, 0.3) is 0 Å². The van der Waals surface area contributed by atoms with E-state index < -0.39 is 11.4 Å². The molecule has 0 heterocycles. The summed E-state index contributed by atoms with van der Waals surface area (Å²) in [7, 11) is 0. The van der Waals surface area contributed by atoms with E-state index in [-0.39, 0.29) is 25.5 Å². The fraction of sp³-hybridized carbons (Fsp3) is 0.500. The van der Waals surface area contributed by atoms with Crippen molar-refractivity contribution >= 4 is 11.9 Å². The first-order chi connectivity index (χ1) is 9.72. The number of carbonyl (C=O) groups is 2. The van der Waals surface area contributed by atoms with Crippen molar-refractivity contribution in [3.63, 3.8) is 0 Å². The number of hydrogen-bond donors (Lipinski definition) is 2. The van der Waals surface area contributed by atoms with Gasteiger partial charge in [0.15, 0.2) is 0 Å². The molecule has 1 aromatic rings. The van der Waals surface area contributed by atoms with Crippen molar-refractivity contribution in [2.75, 3.05) is 13.2 Å². The molecule has 2 N–H and O–H groups in total. The van der Waals surface area contributed by atoms with Gasteiger partial charge in [0.2, 0.25) is 5.91 Å². The SMILES string of the molecule is Cc1ccc(OCCC(=O)NCC(C)(C)C(=O)O)cc1C. The first-order valence-electron chi connectivity index (χ1n) is 6.92. The van der Waals surface area contributed by atoms with Crippen LogP contribution in [0.5, 0.6) is 5.75 Å². The summed E-state index contributed by atoms with van der Waals surface area (Å²) in [4.78, 5) is 22.6. The standard InChI is InChI=1S/C16H23NO4/c1-11-5-6-13(9-12(11)2)21-8-7-14(18)17-10-16(3,4)15(19)20/h5-6,9H,7-8,10H2,1-4H3,(H,17,18)(H,19,20). The normalized spacial score (nSPS) is 11.0. The number of rotatable bonds is 7. The second-order valence-electron chi connectivity index (χ2n) is 5.81. The Labute approximate surface area is 125 Å². The second kappa shape index (κ2) is 7.11. The Balaban J connectivity index is 2.34. The predicted molar refractivity (Wildman–Crippen MR) is 80.5 cm³/mol. The molecule has 1 amide bonds. The Morgan fingerprint density at radius 2 is 1.90 bits per heavy atom. The van der Waals surface area contributed by atoms with Crippen molar-refractivity contribution in [1.29, 1.82) is 0 Å². The van der Waals surface area contributed by atoms with Crippen LogP contribution >= 0.6 is 0 Å². The second-order valence-corrected chi connectivity index (χ2v) is 5.81. The molecule has 5 heteroatoms. The molecule has 0 radical (unpaired) electrons. The maximum atomic E-state index is 11.6. The van der Waals surface area contributed by atoms with E-state index in [1.807, 2.05) is 32.0 Å². The Kier molecular flexibility index (Phi) is 5.76. The first-order valence-corrected chi connectivity index (χ1v) is 6.92. The minimum absolute atomic E-state index is 0.102. The summed E-state index contributed by atoms with van der Waals surface area (Å²) >= 11 is 0. The largest absolute Gasteiger partial charge is 0.493 e. The molecule has 5 nitrogen and oxygen atoms in total. The van der Waals surface area contributed by atoms with E-state index in [1.165, 1.54) is 5.56 Å². The maximum absolute atomic E-state index is 11.6. The number of carboxylic acid groups (broad SMARTS) is 1. The third-order valence-electron chi connectivity index (χ3n) is 3.38. The van der Waals surface area contributed by atoms with Crippen LogP contribution < -0.4 is 10.1 Å². The summed E-state index contributed by atoms with van der Waals surface area (Å²) in [5.74, 6) is -0.417. The van der Waals surface area contributed by atoms with Crippen LogP contribution in [-0.2, 0) is 9.59 Å². The first kappa shape index (κ1) is 17.0. The Morgan fingerprint density at radius 1 is 1.24 bits per heavy atom. The molecule has 0 saturated heterocycles. The number of carbonyl (C=O) groups excluding carboxylic acids is 1. The number of carboxylic acids is 1. The predicted octanol–water partition coefficient (Wildman–Crippen LogP) is 2.30. The average molecular weight is 293 g/mol. The van der Waals surface area contributed by atoms with Gasteiger partial charge in [-0.3, -0.25) is 9.59 Å². The lowest BCUT2D eigenvalue weighted by Gasteiger charge is -2.19. The highest BCUT2D eigenvalue weighted by atomic mass is 16.5. The molecule has 0 aliphatic carbocycles. The summed E-state index contributed by atoms with van der Waals surface area (Å²) in [6.07, 6.45) is 0.197. The number of nitrogens with one attached hydrogen (secondary N) is 1. The molecular formula is C16H23NO4. The summed E-state index contributed by atoms with van der Waals surface area (Å²) in [6.45, 7) is 7.54. The smallest absolute Gasteiger partial charge is 0.310 e. The van der Waals surface area contributed by atoms with Gasteiger partial charge in [-0.25, -0.2) is 0 Å². The van der Waals surface area contributed by atoms with Gasteiger partial charge in [0.25, 0.3) is 0 Å². The molecule has 0 unspecified atom stereocenters. The fourth-order valence-electron chi connectivity index (χ4n) is 1.55. The van der Waals surface area contributed by atoms with Crippen molar-refractivity contribution in [2.24, 2.45) is 5.41 Å². The van der Waals surface area contributed by atoms with Gasteiger partial charge in [-0.2, -0.15) is 0 Å². The third kappa shape index (κ3) is 5.45. The quantitative estimate of drug-likeness (QED) is 0.809. The highest BCUT2D eigenvalue weighted by molar-refractivity contribution is 5.78. The fourth-order valence-corrected chi connectivity index (χ4v) is 1.55. The monoisotopic (exact) mass is 293 g/mol. The van der Waals surface area contributed by atoms with Gasteiger partial charge in [0, 0.05) is 6.54 Å². The van der Waals surface area contributed by atoms with E-state index in [1.54, 1.807) is 13.8 Å². The lowest BCUT2D eigenvalue weighted by atomic mass is 9.94. The number of hydrogen-bond acceptors (Lipinski definition) is 3. The van der Waals surface area contributed by atoms with E-state index >= 15 is 0 Å². The number of amides is 1. The highest BCUT2D eigenvalue weighted by Gasteiger charge is 2.27. The van der Waals surface area contributed by atoms with Crippen molar-refractivity contribution < 1.29 is 19.4 Å². The molecule has 0 aliphatic rings. The van der Waals surface area contributed by atoms with Crippen LogP contribution in [0, 0.1) is 19.3 Å². The Bertz CT molecular complexity index is 523. The number of aryl methyl sites for hydroxylation is 2. The molecule has 0 saturated carbocycles. The zero-order valence-electron chi connectivity index (χ0n) is 13.0. The minimum atomic E-state index is -0.968. The Hall–Kier alpha value is -2.04. The van der Waals surface area contributed by atoms with Crippen LogP contribution in [-0.4, -0.2) is 30.1 Å². The minimum Gasteiger partial charge on any atom is -0.493 e. The summed E-state index contributed by atoms with van der Waals surface area (Å²) in [5.41, 5.74) is 1.36. The molecule has 0 bridgehead atoms. The van der Waals surface area contributed by atoms with E-state index in [4.69, 9.17) is 9.84 Å². The molecule has 116 valence electrons. The third-order valence-corrected chi connectivity index (χ3v) is 3.38. The van der Waals surface area contributed by atoms with E-state index in [0.29, 0.717) is 0 Å². The molecular weight excluding hydrogens is 270 g/mol. The van der Waals surface area contributed by atoms with E-state index in [9.17, 15) is 9.59 Å². The van der Waals surface area contributed by atoms with Crippen molar-refractivity contribution in [3.8, 4) is 5.75 Å². The van der Waals surface area contributed by atoms with E-state index in [0.717, 1.165) is 11.3 Å². The lowest BCUT2D eigenvalue weighted by Crippen LogP contribution is -2.39. The van der Waals surface area contributed by atoms with Gasteiger partial charge >= 0.3 is 5.97 Å². The highest BCUT2D eigenvalue weighted by Crippen LogP contribution is 2.16. The molecule has 0 spiro atoms. The van der Waals surface area contributed by atoms with Crippen molar-refractivity contribution in [3.05, 3.63) is 29.3 Å². The zero-order valence-corrected chi connectivity index (χ0v) is 13.0. The topological polar surface area (TPSA) is 75.6 Å². The van der Waals surface area contributed by atoms with Gasteiger partial charge in [0.1, 0.15) is 5.75 Å². The summed E-state index contributed by atoms with van der Waals surface area (Å²) < 4.78 is 5.51. The van der Waals surface area contributed by atoms with E-state index in [2.05, 4.69) is 5.32 Å². The molecule has 21 heavy (non-hydrogen) atoms. The maximum Gasteiger partial charge on any atom is 0.310 e. The van der Waals surface area contributed by atoms with Crippen LogP contribution in [0.1, 0.15) is 31.4 Å². The zero-order chi connectivity index (χ0) is 16.0. The van der Waals surface area contributed by atoms with Crippen LogP contribution in [0.3, 0.4) is 0 Å². The molecule has 0 aliphatic heterocycles. The van der Waals surface area contributed by atoms with Gasteiger partial charge in [-0.15, -0.1) is 0 Å². The van der Waals surface area contributed by atoms with Crippen molar-refractivity contribution in [1.82, 2.24) is 5.32 Å². The molecule has 1 aromatic carbocycles. The number of benzene rings is 1. The van der Waals surface area contributed by atoms with Crippen LogP contribution in [0.2, 0.25) is 0 Å². The molecule has 1 rings (SSSR count). The van der Waals surface area contributed by atoms with Gasteiger partial charge in [-0.05, 0) is 51.0 Å². The van der Waals surface area contributed by atoms with Gasteiger partial charge < -0.3 is 15.2 Å². The summed E-state index contributed by atoms with van der Waals surface area (Å²) in [6, 6.07) is 5.77.